The third kappa shape index (κ3) is 3.64. The number of fused-ring (bicyclic) bond motifs is 1. The van der Waals surface area contributed by atoms with E-state index in [1.807, 2.05) is 42.5 Å². The largest absolute Gasteiger partial charge is 0.382 e. The van der Waals surface area contributed by atoms with Gasteiger partial charge in [0.15, 0.2) is 6.29 Å². The Labute approximate surface area is 181 Å². The summed E-state index contributed by atoms with van der Waals surface area (Å²) < 4.78 is 5.47. The van der Waals surface area contributed by atoms with Crippen molar-refractivity contribution in [3.05, 3.63) is 78.4 Å². The number of carbonyl (C=O) groups is 1. The third-order valence-electron chi connectivity index (χ3n) is 5.79. The molecule has 0 bridgehead atoms. The fraction of sp³-hybridized carbons (Fsp3) is 0.154. The van der Waals surface area contributed by atoms with E-state index >= 15 is 0 Å². The number of morpholine rings is 1. The fourth-order valence-corrected chi connectivity index (χ4v) is 4.22. The first kappa shape index (κ1) is 19.3. The van der Waals surface area contributed by atoms with Gasteiger partial charge in [0.25, 0.3) is 0 Å². The number of carbonyl (C=O) groups excluding carboxylic acids is 1. The highest BCUT2D eigenvalue weighted by Crippen LogP contribution is 2.36. The quantitative estimate of drug-likeness (QED) is 0.491. The standard InChI is InChI=1S/C26H23N3O2/c27-26-25(29-11-13-31-14-12-29)16-20-15-18(9-10-24(20)28-26)21-6-3-4-8-23(21)22-7-2-1-5-19(22)17-30/h1-10,15-17H,11-14H2,(H2,27,28). The van der Waals surface area contributed by atoms with Crippen molar-refractivity contribution in [3.63, 3.8) is 0 Å². The summed E-state index contributed by atoms with van der Waals surface area (Å²) in [5, 5.41) is 1.03. The number of ether oxygens (including phenoxy) is 1. The first-order chi connectivity index (χ1) is 15.2. The molecule has 5 heteroatoms. The van der Waals surface area contributed by atoms with Gasteiger partial charge in [-0.3, -0.25) is 4.79 Å². The lowest BCUT2D eigenvalue weighted by molar-refractivity contribution is 0.112. The van der Waals surface area contributed by atoms with Gasteiger partial charge >= 0.3 is 0 Å². The maximum absolute atomic E-state index is 11.6. The van der Waals surface area contributed by atoms with E-state index in [-0.39, 0.29) is 0 Å². The topological polar surface area (TPSA) is 68.5 Å². The summed E-state index contributed by atoms with van der Waals surface area (Å²) in [5.41, 5.74) is 12.9. The summed E-state index contributed by atoms with van der Waals surface area (Å²) in [6, 6.07) is 24.2. The van der Waals surface area contributed by atoms with Gasteiger partial charge in [-0.1, -0.05) is 54.6 Å². The Bertz CT molecular complexity index is 1260. The molecule has 0 atom stereocenters. The highest BCUT2D eigenvalue weighted by molar-refractivity contribution is 5.96. The van der Waals surface area contributed by atoms with Crippen LogP contribution in [0.1, 0.15) is 10.4 Å². The van der Waals surface area contributed by atoms with Crippen molar-refractivity contribution in [2.24, 2.45) is 0 Å². The second kappa shape index (κ2) is 8.20. The zero-order valence-corrected chi connectivity index (χ0v) is 17.1. The minimum absolute atomic E-state index is 0.544. The van der Waals surface area contributed by atoms with Crippen molar-refractivity contribution < 1.29 is 9.53 Å². The lowest BCUT2D eigenvalue weighted by Crippen LogP contribution is -2.36. The molecule has 31 heavy (non-hydrogen) atoms. The summed E-state index contributed by atoms with van der Waals surface area (Å²) >= 11 is 0. The van der Waals surface area contributed by atoms with Crippen LogP contribution in [-0.4, -0.2) is 37.6 Å². The molecule has 1 saturated heterocycles. The van der Waals surface area contributed by atoms with Crippen molar-refractivity contribution in [1.29, 1.82) is 0 Å². The number of benzene rings is 3. The van der Waals surface area contributed by atoms with Crippen molar-refractivity contribution in [2.75, 3.05) is 36.9 Å². The first-order valence-corrected chi connectivity index (χ1v) is 10.4. The van der Waals surface area contributed by atoms with E-state index < -0.39 is 0 Å². The number of aromatic nitrogens is 1. The molecule has 0 radical (unpaired) electrons. The van der Waals surface area contributed by atoms with Crippen LogP contribution < -0.4 is 10.6 Å². The van der Waals surface area contributed by atoms with Gasteiger partial charge in [0.05, 0.1) is 24.4 Å². The van der Waals surface area contributed by atoms with Crippen molar-refractivity contribution in [1.82, 2.24) is 4.98 Å². The maximum Gasteiger partial charge on any atom is 0.150 e. The van der Waals surface area contributed by atoms with Gasteiger partial charge < -0.3 is 15.4 Å². The van der Waals surface area contributed by atoms with Crippen molar-refractivity contribution >= 4 is 28.7 Å². The van der Waals surface area contributed by atoms with Crippen LogP contribution in [0.15, 0.2) is 72.8 Å². The Balaban J connectivity index is 1.63. The van der Waals surface area contributed by atoms with Crippen LogP contribution in [-0.2, 0) is 4.74 Å². The molecule has 0 saturated carbocycles. The van der Waals surface area contributed by atoms with E-state index in [4.69, 9.17) is 10.5 Å². The third-order valence-corrected chi connectivity index (χ3v) is 5.79. The molecule has 154 valence electrons. The van der Waals surface area contributed by atoms with Crippen molar-refractivity contribution in [3.8, 4) is 22.3 Å². The van der Waals surface area contributed by atoms with Gasteiger partial charge in [0, 0.05) is 24.0 Å². The molecule has 0 aliphatic carbocycles. The summed E-state index contributed by atoms with van der Waals surface area (Å²) in [6.45, 7) is 3.01. The Morgan fingerprint density at radius 3 is 2.35 bits per heavy atom. The normalized spacial score (nSPS) is 14.0. The minimum atomic E-state index is 0.544. The Morgan fingerprint density at radius 2 is 1.58 bits per heavy atom. The highest BCUT2D eigenvalue weighted by Gasteiger charge is 2.16. The molecule has 2 N–H and O–H groups in total. The SMILES string of the molecule is Nc1nc2ccc(-c3ccccc3-c3ccccc3C=O)cc2cc1N1CCOCC1. The number of nitrogens with two attached hydrogens (primary N) is 1. The molecule has 0 amide bonds. The summed E-state index contributed by atoms with van der Waals surface area (Å²) in [5.74, 6) is 0.544. The van der Waals surface area contributed by atoms with Crippen LogP contribution in [0.25, 0.3) is 33.2 Å². The molecule has 5 nitrogen and oxygen atoms in total. The smallest absolute Gasteiger partial charge is 0.150 e. The molecule has 1 aliphatic rings. The molecule has 2 heterocycles. The number of nitrogens with zero attached hydrogens (tertiary/aromatic N) is 2. The molecule has 0 unspecified atom stereocenters. The van der Waals surface area contributed by atoms with Crippen LogP contribution in [0.3, 0.4) is 0 Å². The Kier molecular flexibility index (Phi) is 5.10. The second-order valence-electron chi connectivity index (χ2n) is 7.65. The van der Waals surface area contributed by atoms with Gasteiger partial charge in [-0.05, 0) is 40.5 Å². The monoisotopic (exact) mass is 409 g/mol. The number of hydrogen-bond acceptors (Lipinski definition) is 5. The summed E-state index contributed by atoms with van der Waals surface area (Å²) in [7, 11) is 0. The summed E-state index contributed by atoms with van der Waals surface area (Å²) in [6.07, 6.45) is 0.911. The number of pyridine rings is 1. The number of hydrogen-bond donors (Lipinski definition) is 1. The van der Waals surface area contributed by atoms with Crippen LogP contribution >= 0.6 is 0 Å². The molecular weight excluding hydrogens is 386 g/mol. The van der Waals surface area contributed by atoms with Crippen LogP contribution in [0.5, 0.6) is 0 Å². The Hall–Kier alpha value is -3.70. The van der Waals surface area contributed by atoms with E-state index in [0.717, 1.165) is 58.2 Å². The lowest BCUT2D eigenvalue weighted by Gasteiger charge is -2.29. The van der Waals surface area contributed by atoms with Gasteiger partial charge in [-0.25, -0.2) is 4.98 Å². The van der Waals surface area contributed by atoms with Crippen LogP contribution in [0, 0.1) is 0 Å². The first-order valence-electron chi connectivity index (χ1n) is 10.4. The summed E-state index contributed by atoms with van der Waals surface area (Å²) in [4.78, 5) is 18.5. The second-order valence-corrected chi connectivity index (χ2v) is 7.65. The number of aldehydes is 1. The fourth-order valence-electron chi connectivity index (χ4n) is 4.22. The van der Waals surface area contributed by atoms with Gasteiger partial charge in [-0.15, -0.1) is 0 Å². The van der Waals surface area contributed by atoms with E-state index in [0.29, 0.717) is 24.6 Å². The van der Waals surface area contributed by atoms with Crippen LogP contribution in [0.4, 0.5) is 11.5 Å². The number of nitrogen functional groups attached to an aromatic ring is 1. The Morgan fingerprint density at radius 1 is 0.871 bits per heavy atom. The lowest BCUT2D eigenvalue weighted by atomic mass is 9.91. The molecule has 1 fully saturated rings. The molecule has 5 rings (SSSR count). The molecule has 1 aliphatic heterocycles. The predicted molar refractivity (Wildman–Crippen MR) is 125 cm³/mol. The van der Waals surface area contributed by atoms with E-state index in [1.54, 1.807) is 0 Å². The highest BCUT2D eigenvalue weighted by atomic mass is 16.5. The minimum Gasteiger partial charge on any atom is -0.382 e. The number of rotatable bonds is 4. The maximum atomic E-state index is 11.6. The average Bonchev–Trinajstić information content (AvgIpc) is 2.84. The van der Waals surface area contributed by atoms with E-state index in [1.165, 1.54) is 0 Å². The molecular formula is C26H23N3O2. The van der Waals surface area contributed by atoms with Crippen LogP contribution in [0.2, 0.25) is 0 Å². The molecule has 4 aromatic rings. The van der Waals surface area contributed by atoms with Crippen molar-refractivity contribution in [2.45, 2.75) is 0 Å². The molecule has 3 aromatic carbocycles. The van der Waals surface area contributed by atoms with Gasteiger partial charge in [0.1, 0.15) is 5.82 Å². The zero-order valence-electron chi connectivity index (χ0n) is 17.1. The van der Waals surface area contributed by atoms with Gasteiger partial charge in [0.2, 0.25) is 0 Å². The van der Waals surface area contributed by atoms with E-state index in [2.05, 4.69) is 40.2 Å². The predicted octanol–water partition coefficient (Wildman–Crippen LogP) is 4.80. The number of anilines is 2. The van der Waals surface area contributed by atoms with E-state index in [9.17, 15) is 4.79 Å². The van der Waals surface area contributed by atoms with Gasteiger partial charge in [-0.2, -0.15) is 0 Å². The molecule has 1 aromatic heterocycles. The average molecular weight is 409 g/mol. The zero-order chi connectivity index (χ0) is 21.2. The molecule has 0 spiro atoms.